The third-order valence-corrected chi connectivity index (χ3v) is 5.48. The van der Waals surface area contributed by atoms with E-state index in [2.05, 4.69) is 13.8 Å². The Morgan fingerprint density at radius 1 is 0.452 bits per heavy atom. The van der Waals surface area contributed by atoms with Gasteiger partial charge in [-0.15, -0.1) is 0 Å². The van der Waals surface area contributed by atoms with Gasteiger partial charge in [-0.05, 0) is 32.1 Å². The average Bonchev–Trinajstić information content (AvgIpc) is 2.74. The highest BCUT2D eigenvalue weighted by Crippen LogP contribution is 2.11. The van der Waals surface area contributed by atoms with E-state index in [4.69, 9.17) is 9.47 Å². The van der Waals surface area contributed by atoms with E-state index >= 15 is 0 Å². The maximum atomic E-state index is 11.7. The summed E-state index contributed by atoms with van der Waals surface area (Å²) < 4.78 is 10.1. The second-order valence-electron chi connectivity index (χ2n) is 8.62. The van der Waals surface area contributed by atoms with Crippen molar-refractivity contribution in [2.75, 3.05) is 6.61 Å². The van der Waals surface area contributed by atoms with E-state index in [1.807, 2.05) is 0 Å². The van der Waals surface area contributed by atoms with Crippen LogP contribution < -0.4 is 0 Å². The van der Waals surface area contributed by atoms with Crippen molar-refractivity contribution < 1.29 is 23.9 Å². The summed E-state index contributed by atoms with van der Waals surface area (Å²) in [5.74, 6) is -0.967. The Hall–Kier alpha value is -1.39. The molecule has 0 spiro atoms. The monoisotopic (exact) mass is 440 g/mol. The number of unbranched alkanes of at least 4 members (excludes halogenated alkanes) is 14. The van der Waals surface area contributed by atoms with Gasteiger partial charge in [0.1, 0.15) is 0 Å². The molecule has 0 saturated heterocycles. The lowest BCUT2D eigenvalue weighted by Crippen LogP contribution is -2.12. The second kappa shape index (κ2) is 23.3. The first-order chi connectivity index (χ1) is 15.1. The number of carbonyl (C=O) groups is 3. The Morgan fingerprint density at radius 2 is 0.806 bits per heavy atom. The Labute approximate surface area is 191 Å². The zero-order valence-corrected chi connectivity index (χ0v) is 20.4. The molecule has 5 nitrogen and oxygen atoms in total. The van der Waals surface area contributed by atoms with Gasteiger partial charge in [0.2, 0.25) is 0 Å². The van der Waals surface area contributed by atoms with Crippen molar-refractivity contribution in [2.24, 2.45) is 0 Å². The van der Waals surface area contributed by atoms with Crippen LogP contribution in [-0.4, -0.2) is 24.5 Å². The van der Waals surface area contributed by atoms with Crippen molar-refractivity contribution in [2.45, 2.75) is 142 Å². The molecule has 0 N–H and O–H groups in total. The lowest BCUT2D eigenvalue weighted by Gasteiger charge is -2.06. The van der Waals surface area contributed by atoms with Gasteiger partial charge >= 0.3 is 17.9 Å². The number of esters is 3. The largest absolute Gasteiger partial charge is 0.466 e. The lowest BCUT2D eigenvalue weighted by molar-refractivity contribution is -0.160. The summed E-state index contributed by atoms with van der Waals surface area (Å²) in [4.78, 5) is 35.1. The predicted octanol–water partition coefficient (Wildman–Crippen LogP) is 7.44. The number of hydrogen-bond donors (Lipinski definition) is 0. The summed E-state index contributed by atoms with van der Waals surface area (Å²) >= 11 is 0. The van der Waals surface area contributed by atoms with Crippen LogP contribution in [0.3, 0.4) is 0 Å². The van der Waals surface area contributed by atoms with Crippen molar-refractivity contribution in [3.05, 3.63) is 0 Å². The van der Waals surface area contributed by atoms with Crippen molar-refractivity contribution in [3.8, 4) is 0 Å². The molecule has 5 heteroatoms. The van der Waals surface area contributed by atoms with Crippen LogP contribution in [0, 0.1) is 0 Å². The van der Waals surface area contributed by atoms with E-state index in [1.54, 1.807) is 0 Å². The summed E-state index contributed by atoms with van der Waals surface area (Å²) in [5.41, 5.74) is 0. The standard InChI is InChI=1S/C26H48O5/c1-3-5-7-9-11-13-16-20-24(27)30-23-19-15-18-22-26(29)31-25(28)21-17-14-12-10-8-6-4-2/h3-23H2,1-2H3. The van der Waals surface area contributed by atoms with Crippen LogP contribution in [0.25, 0.3) is 0 Å². The molecular formula is C26H48O5. The van der Waals surface area contributed by atoms with Crippen molar-refractivity contribution in [3.63, 3.8) is 0 Å². The van der Waals surface area contributed by atoms with Gasteiger partial charge in [0.25, 0.3) is 0 Å². The Bertz CT molecular complexity index is 447. The van der Waals surface area contributed by atoms with Crippen LogP contribution in [0.2, 0.25) is 0 Å². The Balaban J connectivity index is 3.42. The van der Waals surface area contributed by atoms with E-state index in [-0.39, 0.29) is 12.4 Å². The summed E-state index contributed by atoms with van der Waals surface area (Å²) in [6.45, 7) is 4.81. The molecule has 182 valence electrons. The molecule has 0 unspecified atom stereocenters. The fourth-order valence-electron chi connectivity index (χ4n) is 3.49. The predicted molar refractivity (Wildman–Crippen MR) is 126 cm³/mol. The topological polar surface area (TPSA) is 69.7 Å². The van der Waals surface area contributed by atoms with Crippen molar-refractivity contribution in [1.82, 2.24) is 0 Å². The Morgan fingerprint density at radius 3 is 1.26 bits per heavy atom. The zero-order valence-electron chi connectivity index (χ0n) is 20.4. The van der Waals surface area contributed by atoms with Crippen molar-refractivity contribution >= 4 is 17.9 Å². The maximum absolute atomic E-state index is 11.7. The van der Waals surface area contributed by atoms with E-state index in [0.29, 0.717) is 25.9 Å². The quantitative estimate of drug-likeness (QED) is 0.0993. The van der Waals surface area contributed by atoms with Gasteiger partial charge in [-0.25, -0.2) is 0 Å². The summed E-state index contributed by atoms with van der Waals surface area (Å²) in [5, 5.41) is 0. The third-order valence-electron chi connectivity index (χ3n) is 5.48. The molecule has 0 amide bonds. The molecule has 0 aliphatic heterocycles. The van der Waals surface area contributed by atoms with Gasteiger partial charge in [-0.3, -0.25) is 14.4 Å². The number of hydrogen-bond acceptors (Lipinski definition) is 5. The van der Waals surface area contributed by atoms with E-state index in [0.717, 1.165) is 44.9 Å². The molecule has 0 saturated carbocycles. The molecule has 0 aliphatic carbocycles. The van der Waals surface area contributed by atoms with Crippen molar-refractivity contribution in [1.29, 1.82) is 0 Å². The molecule has 0 aromatic rings. The fourth-order valence-corrected chi connectivity index (χ4v) is 3.49. The van der Waals surface area contributed by atoms with Gasteiger partial charge in [0.15, 0.2) is 0 Å². The van der Waals surface area contributed by atoms with Crippen LogP contribution in [0.5, 0.6) is 0 Å². The summed E-state index contributed by atoms with van der Waals surface area (Å²) in [6, 6.07) is 0. The van der Waals surface area contributed by atoms with Gasteiger partial charge < -0.3 is 9.47 Å². The number of ether oxygens (including phenoxy) is 2. The fraction of sp³-hybridized carbons (Fsp3) is 0.885. The average molecular weight is 441 g/mol. The van der Waals surface area contributed by atoms with Crippen LogP contribution >= 0.6 is 0 Å². The van der Waals surface area contributed by atoms with Crippen LogP contribution in [-0.2, 0) is 23.9 Å². The molecule has 0 radical (unpaired) electrons. The molecule has 0 aromatic heterocycles. The SMILES string of the molecule is CCCCCCCCCC(=O)OCCCCCC(=O)OC(=O)CCCCCCCCC. The summed E-state index contributed by atoms with van der Waals surface area (Å²) in [7, 11) is 0. The first kappa shape index (κ1) is 29.6. The first-order valence-corrected chi connectivity index (χ1v) is 13.0. The smallest absolute Gasteiger partial charge is 0.313 e. The Kier molecular flexibility index (Phi) is 22.2. The molecule has 0 fully saturated rings. The van der Waals surface area contributed by atoms with E-state index in [1.165, 1.54) is 57.8 Å². The highest BCUT2D eigenvalue weighted by molar-refractivity contribution is 5.85. The summed E-state index contributed by atoms with van der Waals surface area (Å²) in [6.07, 6.45) is 19.5. The minimum atomic E-state index is -0.441. The zero-order chi connectivity index (χ0) is 23.0. The van der Waals surface area contributed by atoms with E-state index in [9.17, 15) is 14.4 Å². The van der Waals surface area contributed by atoms with Crippen LogP contribution in [0.4, 0.5) is 0 Å². The molecule has 0 aliphatic rings. The highest BCUT2D eigenvalue weighted by Gasteiger charge is 2.10. The minimum absolute atomic E-state index is 0.121. The van der Waals surface area contributed by atoms with E-state index < -0.39 is 11.9 Å². The van der Waals surface area contributed by atoms with Crippen LogP contribution in [0.15, 0.2) is 0 Å². The van der Waals surface area contributed by atoms with Gasteiger partial charge in [0, 0.05) is 19.3 Å². The first-order valence-electron chi connectivity index (χ1n) is 13.0. The number of carbonyl (C=O) groups excluding carboxylic acids is 3. The maximum Gasteiger partial charge on any atom is 0.313 e. The molecular weight excluding hydrogens is 392 g/mol. The molecule has 0 atom stereocenters. The molecule has 0 rings (SSSR count). The lowest BCUT2D eigenvalue weighted by atomic mass is 10.1. The third kappa shape index (κ3) is 23.1. The van der Waals surface area contributed by atoms with Gasteiger partial charge in [-0.2, -0.15) is 0 Å². The molecule has 0 bridgehead atoms. The number of rotatable bonds is 22. The van der Waals surface area contributed by atoms with Gasteiger partial charge in [0.05, 0.1) is 6.61 Å². The molecule has 31 heavy (non-hydrogen) atoms. The second-order valence-corrected chi connectivity index (χ2v) is 8.62. The minimum Gasteiger partial charge on any atom is -0.466 e. The normalized spacial score (nSPS) is 10.8. The van der Waals surface area contributed by atoms with Gasteiger partial charge in [-0.1, -0.05) is 90.9 Å². The highest BCUT2D eigenvalue weighted by atomic mass is 16.6. The van der Waals surface area contributed by atoms with Crippen LogP contribution in [0.1, 0.15) is 142 Å². The molecule has 0 heterocycles. The molecule has 0 aromatic carbocycles.